The van der Waals surface area contributed by atoms with Crippen molar-refractivity contribution in [1.82, 2.24) is 15.5 Å². The van der Waals surface area contributed by atoms with E-state index in [1.54, 1.807) is 7.05 Å². The number of carbonyl (C=O) groups is 1. The van der Waals surface area contributed by atoms with Gasteiger partial charge in [0.25, 0.3) is 0 Å². The van der Waals surface area contributed by atoms with Gasteiger partial charge in [0.1, 0.15) is 0 Å². The number of aryl methyl sites for hydroxylation is 2. The molecule has 0 radical (unpaired) electrons. The lowest BCUT2D eigenvalue weighted by Gasteiger charge is -1.96. The molecule has 0 unspecified atom stereocenters. The Morgan fingerprint density at radius 3 is 2.67 bits per heavy atom. The molecule has 1 aromatic carbocycles. The molecule has 2 rings (SSSR count). The highest BCUT2D eigenvalue weighted by atomic mass is 16.4. The first-order valence-electron chi connectivity index (χ1n) is 5.79. The van der Waals surface area contributed by atoms with E-state index in [0.29, 0.717) is 24.6 Å². The molecule has 0 atom stereocenters. The molecule has 0 bridgehead atoms. The zero-order valence-electron chi connectivity index (χ0n) is 10.4. The Morgan fingerprint density at radius 1 is 1.28 bits per heavy atom. The number of hydrogen-bond acceptors (Lipinski definition) is 4. The lowest BCUT2D eigenvalue weighted by atomic mass is 10.1. The number of nitrogens with one attached hydrogen (secondary N) is 1. The van der Waals surface area contributed by atoms with Crippen molar-refractivity contribution < 1.29 is 9.21 Å². The van der Waals surface area contributed by atoms with Crippen LogP contribution < -0.4 is 5.32 Å². The molecule has 1 amide bonds. The van der Waals surface area contributed by atoms with Crippen LogP contribution in [0.25, 0.3) is 11.5 Å². The lowest BCUT2D eigenvalue weighted by molar-refractivity contribution is -0.120. The molecule has 2 aromatic rings. The maximum atomic E-state index is 11.1. The van der Waals surface area contributed by atoms with E-state index in [4.69, 9.17) is 4.42 Å². The lowest BCUT2D eigenvalue weighted by Crippen LogP contribution is -2.17. The van der Waals surface area contributed by atoms with Crippen LogP contribution >= 0.6 is 0 Å². The number of rotatable bonds is 4. The molecule has 1 aromatic heterocycles. The van der Waals surface area contributed by atoms with E-state index in [2.05, 4.69) is 15.5 Å². The summed E-state index contributed by atoms with van der Waals surface area (Å²) >= 11 is 0. The largest absolute Gasteiger partial charge is 0.421 e. The average molecular weight is 245 g/mol. The zero-order chi connectivity index (χ0) is 13.0. The van der Waals surface area contributed by atoms with Gasteiger partial charge in [0.05, 0.1) is 0 Å². The summed E-state index contributed by atoms with van der Waals surface area (Å²) in [7, 11) is 1.61. The minimum atomic E-state index is -0.0370. The number of nitrogens with zero attached hydrogens (tertiary/aromatic N) is 2. The van der Waals surface area contributed by atoms with Crippen LogP contribution in [-0.2, 0) is 11.2 Å². The molecule has 1 N–H and O–H groups in total. The van der Waals surface area contributed by atoms with Crippen LogP contribution in [0.5, 0.6) is 0 Å². The maximum absolute atomic E-state index is 11.1. The molecule has 94 valence electrons. The molecule has 1 heterocycles. The molecular weight excluding hydrogens is 230 g/mol. The summed E-state index contributed by atoms with van der Waals surface area (Å²) in [4.78, 5) is 11.1. The number of carbonyl (C=O) groups excluding carboxylic acids is 1. The fourth-order valence-corrected chi connectivity index (χ4v) is 1.51. The van der Waals surface area contributed by atoms with Gasteiger partial charge < -0.3 is 9.73 Å². The molecule has 0 aliphatic heterocycles. The quantitative estimate of drug-likeness (QED) is 0.890. The third-order valence-electron chi connectivity index (χ3n) is 2.61. The zero-order valence-corrected chi connectivity index (χ0v) is 10.4. The number of amides is 1. The van der Waals surface area contributed by atoms with Crippen molar-refractivity contribution in [2.24, 2.45) is 0 Å². The summed E-state index contributed by atoms with van der Waals surface area (Å²) in [5.41, 5.74) is 2.07. The highest BCUT2D eigenvalue weighted by molar-refractivity contribution is 5.75. The highest BCUT2D eigenvalue weighted by Gasteiger charge is 2.09. The van der Waals surface area contributed by atoms with E-state index in [9.17, 15) is 4.79 Å². The Morgan fingerprint density at radius 2 is 2.00 bits per heavy atom. The van der Waals surface area contributed by atoms with Crippen molar-refractivity contribution in [3.63, 3.8) is 0 Å². The first-order valence-corrected chi connectivity index (χ1v) is 5.79. The second kappa shape index (κ2) is 5.44. The summed E-state index contributed by atoms with van der Waals surface area (Å²) in [6.45, 7) is 2.02. The molecule has 0 aliphatic carbocycles. The van der Waals surface area contributed by atoms with Gasteiger partial charge in [-0.2, -0.15) is 0 Å². The number of aromatic nitrogens is 2. The van der Waals surface area contributed by atoms with Crippen molar-refractivity contribution in [2.45, 2.75) is 19.8 Å². The Bertz CT molecular complexity index is 531. The Hall–Kier alpha value is -2.17. The van der Waals surface area contributed by atoms with Gasteiger partial charge in [-0.25, -0.2) is 0 Å². The molecule has 0 aliphatic rings. The van der Waals surface area contributed by atoms with E-state index < -0.39 is 0 Å². The van der Waals surface area contributed by atoms with E-state index >= 15 is 0 Å². The maximum Gasteiger partial charge on any atom is 0.247 e. The average Bonchev–Trinajstić information content (AvgIpc) is 2.85. The molecule has 0 saturated carbocycles. The topological polar surface area (TPSA) is 68.0 Å². The summed E-state index contributed by atoms with van der Waals surface area (Å²) in [6.07, 6.45) is 0.810. The third-order valence-corrected chi connectivity index (χ3v) is 2.61. The summed E-state index contributed by atoms with van der Waals surface area (Å²) in [5, 5.41) is 10.4. The number of hydrogen-bond donors (Lipinski definition) is 1. The standard InChI is InChI=1S/C13H15N3O2/c1-9-3-5-10(6-4-9)13-16-15-12(18-13)8-7-11(17)14-2/h3-6H,7-8H2,1-2H3,(H,14,17). The van der Waals surface area contributed by atoms with Crippen LogP contribution in [-0.4, -0.2) is 23.2 Å². The fourth-order valence-electron chi connectivity index (χ4n) is 1.51. The molecular formula is C13H15N3O2. The smallest absolute Gasteiger partial charge is 0.247 e. The molecule has 18 heavy (non-hydrogen) atoms. The molecule has 0 spiro atoms. The van der Waals surface area contributed by atoms with Gasteiger partial charge >= 0.3 is 0 Å². The molecule has 5 nitrogen and oxygen atoms in total. The molecule has 0 fully saturated rings. The van der Waals surface area contributed by atoms with Crippen LogP contribution in [0.3, 0.4) is 0 Å². The van der Waals surface area contributed by atoms with Crippen molar-refractivity contribution >= 4 is 5.91 Å². The Kier molecular flexibility index (Phi) is 3.72. The van der Waals surface area contributed by atoms with Crippen LogP contribution in [0, 0.1) is 6.92 Å². The van der Waals surface area contributed by atoms with Crippen molar-refractivity contribution in [1.29, 1.82) is 0 Å². The third kappa shape index (κ3) is 2.94. The van der Waals surface area contributed by atoms with Crippen molar-refractivity contribution in [2.75, 3.05) is 7.05 Å². The van der Waals surface area contributed by atoms with Crippen LogP contribution in [0.4, 0.5) is 0 Å². The van der Waals surface area contributed by atoms with Gasteiger partial charge in [-0.3, -0.25) is 4.79 Å². The second-order valence-corrected chi connectivity index (χ2v) is 4.04. The van der Waals surface area contributed by atoms with E-state index in [1.165, 1.54) is 5.56 Å². The molecule has 0 saturated heterocycles. The van der Waals surface area contributed by atoms with Crippen LogP contribution in [0.15, 0.2) is 28.7 Å². The van der Waals surface area contributed by atoms with Gasteiger partial charge in [0, 0.05) is 25.5 Å². The fraction of sp³-hybridized carbons (Fsp3) is 0.308. The van der Waals surface area contributed by atoms with E-state index in [-0.39, 0.29) is 5.91 Å². The van der Waals surface area contributed by atoms with Gasteiger partial charge in [-0.1, -0.05) is 17.7 Å². The highest BCUT2D eigenvalue weighted by Crippen LogP contribution is 2.18. The summed E-state index contributed by atoms with van der Waals surface area (Å²) < 4.78 is 5.50. The van der Waals surface area contributed by atoms with E-state index in [1.807, 2.05) is 31.2 Å². The van der Waals surface area contributed by atoms with Crippen LogP contribution in [0.2, 0.25) is 0 Å². The predicted octanol–water partition coefficient (Wildman–Crippen LogP) is 1.72. The SMILES string of the molecule is CNC(=O)CCc1nnc(-c2ccc(C)cc2)o1. The van der Waals surface area contributed by atoms with Gasteiger partial charge in [-0.15, -0.1) is 10.2 Å². The van der Waals surface area contributed by atoms with Crippen molar-refractivity contribution in [3.05, 3.63) is 35.7 Å². The minimum absolute atomic E-state index is 0.0370. The first-order chi connectivity index (χ1) is 8.69. The summed E-state index contributed by atoms with van der Waals surface area (Å²) in [5.74, 6) is 0.932. The first kappa shape index (κ1) is 12.3. The molecule has 5 heteroatoms. The number of benzene rings is 1. The van der Waals surface area contributed by atoms with Gasteiger partial charge in [0.15, 0.2) is 0 Å². The van der Waals surface area contributed by atoms with Crippen LogP contribution in [0.1, 0.15) is 17.9 Å². The normalized spacial score (nSPS) is 10.3. The Balaban J connectivity index is 2.06. The van der Waals surface area contributed by atoms with Crippen molar-refractivity contribution in [3.8, 4) is 11.5 Å². The van der Waals surface area contributed by atoms with Gasteiger partial charge in [-0.05, 0) is 19.1 Å². The monoisotopic (exact) mass is 245 g/mol. The Labute approximate surface area is 105 Å². The van der Waals surface area contributed by atoms with Gasteiger partial charge in [0.2, 0.25) is 17.7 Å². The minimum Gasteiger partial charge on any atom is -0.421 e. The van der Waals surface area contributed by atoms with E-state index in [0.717, 1.165) is 5.56 Å². The second-order valence-electron chi connectivity index (χ2n) is 4.04. The predicted molar refractivity (Wildman–Crippen MR) is 66.9 cm³/mol. The summed E-state index contributed by atoms with van der Waals surface area (Å²) in [6, 6.07) is 7.85.